The molecule has 1 atom stereocenters. The van der Waals surface area contributed by atoms with Gasteiger partial charge in [0.25, 0.3) is 0 Å². The van der Waals surface area contributed by atoms with Crippen LogP contribution in [-0.2, 0) is 10.8 Å². The molecule has 0 saturated carbocycles. The fourth-order valence-electron chi connectivity index (χ4n) is 12.1. The SMILES string of the molecule is C=COc1ccc(C2(c3ccc(O/C=C/C=C/Oc4ccc(C5(c6ccc(OC=C)cc6)c6ccc7ccccc7c6-c6c5ccc5ccccc65)cc4)cc3)c3ccccc3-c3c2ccc2ccccc32)cc1. The highest BCUT2D eigenvalue weighted by Crippen LogP contribution is 2.61. The summed E-state index contributed by atoms with van der Waals surface area (Å²) in [6.07, 6.45) is 9.95. The van der Waals surface area contributed by atoms with E-state index in [9.17, 15) is 0 Å². The van der Waals surface area contributed by atoms with Gasteiger partial charge in [0.05, 0.1) is 35.9 Å². The van der Waals surface area contributed by atoms with E-state index in [0.29, 0.717) is 0 Å². The van der Waals surface area contributed by atoms with Gasteiger partial charge in [-0.2, -0.15) is 0 Å². The first-order chi connectivity index (χ1) is 36.6. The largest absolute Gasteiger partial charge is 0.466 e. The molecule has 13 rings (SSSR count). The van der Waals surface area contributed by atoms with E-state index in [-0.39, 0.29) is 0 Å². The van der Waals surface area contributed by atoms with Crippen LogP contribution in [-0.4, -0.2) is 0 Å². The van der Waals surface area contributed by atoms with Gasteiger partial charge in [0.1, 0.15) is 23.0 Å². The smallest absolute Gasteiger partial charge is 0.126 e. The third kappa shape index (κ3) is 6.91. The first kappa shape index (κ1) is 44.3. The van der Waals surface area contributed by atoms with Crippen molar-refractivity contribution in [1.82, 2.24) is 0 Å². The summed E-state index contributed by atoms with van der Waals surface area (Å²) in [6.45, 7) is 7.55. The van der Waals surface area contributed by atoms with Crippen LogP contribution in [0.3, 0.4) is 0 Å². The van der Waals surface area contributed by atoms with Crippen LogP contribution in [0, 0.1) is 0 Å². The van der Waals surface area contributed by atoms with Crippen LogP contribution in [0.4, 0.5) is 0 Å². The van der Waals surface area contributed by atoms with Crippen LogP contribution in [0.2, 0.25) is 0 Å². The highest BCUT2D eigenvalue weighted by Gasteiger charge is 2.48. The first-order valence-electron chi connectivity index (χ1n) is 24.9. The zero-order valence-electron chi connectivity index (χ0n) is 40.5. The average Bonchev–Trinajstić information content (AvgIpc) is 4.03. The Balaban J connectivity index is 0.791. The lowest BCUT2D eigenvalue weighted by molar-refractivity contribution is 0.475. The zero-order chi connectivity index (χ0) is 49.6. The molecule has 0 heterocycles. The van der Waals surface area contributed by atoms with Crippen molar-refractivity contribution in [2.75, 3.05) is 0 Å². The normalized spacial score (nSPS) is 14.9. The van der Waals surface area contributed by atoms with Crippen LogP contribution in [0.25, 0.3) is 54.6 Å². The lowest BCUT2D eigenvalue weighted by Crippen LogP contribution is -2.28. The maximum Gasteiger partial charge on any atom is 0.126 e. The van der Waals surface area contributed by atoms with Crippen LogP contribution >= 0.6 is 0 Å². The van der Waals surface area contributed by atoms with E-state index >= 15 is 0 Å². The second kappa shape index (κ2) is 18.2. The molecule has 0 saturated heterocycles. The molecule has 74 heavy (non-hydrogen) atoms. The van der Waals surface area contributed by atoms with Crippen molar-refractivity contribution in [3.05, 3.63) is 325 Å². The quantitative estimate of drug-likeness (QED) is 0.0852. The van der Waals surface area contributed by atoms with Crippen LogP contribution < -0.4 is 18.9 Å². The highest BCUT2D eigenvalue weighted by atomic mass is 16.5. The molecule has 1 unspecified atom stereocenters. The second-order valence-corrected chi connectivity index (χ2v) is 18.7. The Morgan fingerprint density at radius 2 is 0.608 bits per heavy atom. The standard InChI is InChI=1S/C70H48O4/c1-3-71-54-34-26-50(27-35-54)69(62-22-12-11-21-61(62)66-58-18-8-5-15-47(58)23-42-63(66)69)51-30-38-56(39-31-51)73-45-13-14-46-74-57-40-32-53(33-41-57)70(52-28-36-55(37-29-52)72-4-2)64-43-24-48-16-6-9-19-59(48)67(64)68-60-20-10-7-17-49(60)25-44-65(68)70/h3-46H,1-2H2/b45-13+,46-14+. The maximum absolute atomic E-state index is 6.22. The molecule has 0 radical (unpaired) electrons. The van der Waals surface area contributed by atoms with E-state index in [1.54, 1.807) is 12.5 Å². The van der Waals surface area contributed by atoms with E-state index < -0.39 is 10.8 Å². The molecule has 0 amide bonds. The van der Waals surface area contributed by atoms with Crippen molar-refractivity contribution in [3.63, 3.8) is 0 Å². The Bertz CT molecular complexity index is 3950. The summed E-state index contributed by atoms with van der Waals surface area (Å²) in [5.41, 5.74) is 13.3. The Morgan fingerprint density at radius 1 is 0.284 bits per heavy atom. The molecule has 4 heteroatoms. The summed E-state index contributed by atoms with van der Waals surface area (Å²) in [7, 11) is 0. The predicted octanol–water partition coefficient (Wildman–Crippen LogP) is 17.4. The van der Waals surface area contributed by atoms with Crippen molar-refractivity contribution < 1.29 is 18.9 Å². The summed E-state index contributed by atoms with van der Waals surface area (Å²) in [6, 6.07) is 82.3. The van der Waals surface area contributed by atoms with Crippen molar-refractivity contribution in [2.24, 2.45) is 0 Å². The van der Waals surface area contributed by atoms with E-state index in [1.165, 1.54) is 89.3 Å². The number of ether oxygens (including phenoxy) is 4. The molecule has 0 bridgehead atoms. The molecular formula is C70H48O4. The molecule has 0 aliphatic heterocycles. The highest BCUT2D eigenvalue weighted by molar-refractivity contribution is 6.12. The molecular weight excluding hydrogens is 905 g/mol. The van der Waals surface area contributed by atoms with Crippen molar-refractivity contribution in [2.45, 2.75) is 10.8 Å². The molecule has 2 aliphatic rings. The molecule has 0 fully saturated rings. The minimum atomic E-state index is -0.633. The lowest BCUT2D eigenvalue weighted by Gasteiger charge is -2.34. The Kier molecular flexibility index (Phi) is 10.9. The van der Waals surface area contributed by atoms with E-state index in [1.807, 2.05) is 48.6 Å². The van der Waals surface area contributed by atoms with Crippen molar-refractivity contribution in [1.29, 1.82) is 0 Å². The summed E-state index contributed by atoms with van der Waals surface area (Å²) in [5.74, 6) is 2.91. The molecule has 0 N–H and O–H groups in total. The zero-order valence-corrected chi connectivity index (χ0v) is 40.5. The molecule has 4 nitrogen and oxygen atoms in total. The molecule has 11 aromatic rings. The first-order valence-corrected chi connectivity index (χ1v) is 24.9. The number of hydrogen-bond donors (Lipinski definition) is 0. The van der Waals surface area contributed by atoms with Gasteiger partial charge in [-0.15, -0.1) is 0 Å². The third-order valence-corrected chi connectivity index (χ3v) is 15.1. The van der Waals surface area contributed by atoms with E-state index in [0.717, 1.165) is 45.3 Å². The van der Waals surface area contributed by atoms with Gasteiger partial charge in [0.15, 0.2) is 0 Å². The number of allylic oxidation sites excluding steroid dienone is 2. The number of rotatable bonds is 13. The fourth-order valence-corrected chi connectivity index (χ4v) is 12.1. The minimum absolute atomic E-state index is 0.585. The van der Waals surface area contributed by atoms with Crippen LogP contribution in [0.5, 0.6) is 23.0 Å². The van der Waals surface area contributed by atoms with Crippen LogP contribution in [0.15, 0.2) is 281 Å². The summed E-state index contributed by atoms with van der Waals surface area (Å²) >= 11 is 0. The number of fused-ring (bicyclic) bond motifs is 12. The number of benzene rings is 11. The van der Waals surface area contributed by atoms with E-state index in [2.05, 4.69) is 207 Å². The fraction of sp³-hybridized carbons (Fsp3) is 0.0286. The Morgan fingerprint density at radius 3 is 1.01 bits per heavy atom. The Hall–Kier alpha value is -9.64. The van der Waals surface area contributed by atoms with Gasteiger partial charge in [-0.1, -0.05) is 195 Å². The van der Waals surface area contributed by atoms with Gasteiger partial charge < -0.3 is 18.9 Å². The molecule has 352 valence electrons. The molecule has 0 aromatic heterocycles. The van der Waals surface area contributed by atoms with Gasteiger partial charge in [0.2, 0.25) is 0 Å². The van der Waals surface area contributed by atoms with Crippen LogP contribution in [0.1, 0.15) is 44.5 Å². The van der Waals surface area contributed by atoms with Gasteiger partial charge in [-0.25, -0.2) is 0 Å². The maximum atomic E-state index is 6.22. The summed E-state index contributed by atoms with van der Waals surface area (Å²) < 4.78 is 23.8. The predicted molar refractivity (Wildman–Crippen MR) is 301 cm³/mol. The summed E-state index contributed by atoms with van der Waals surface area (Å²) in [4.78, 5) is 0. The van der Waals surface area contributed by atoms with Gasteiger partial charge in [-0.3, -0.25) is 0 Å². The number of hydrogen-bond acceptors (Lipinski definition) is 4. The topological polar surface area (TPSA) is 36.9 Å². The molecule has 2 aliphatic carbocycles. The van der Waals surface area contributed by atoms with Gasteiger partial charge in [-0.05, 0) is 160 Å². The molecule has 11 aromatic carbocycles. The van der Waals surface area contributed by atoms with Gasteiger partial charge >= 0.3 is 0 Å². The second-order valence-electron chi connectivity index (χ2n) is 18.7. The van der Waals surface area contributed by atoms with E-state index in [4.69, 9.17) is 18.9 Å². The average molecular weight is 953 g/mol. The van der Waals surface area contributed by atoms with Gasteiger partial charge in [0, 0.05) is 0 Å². The monoisotopic (exact) mass is 952 g/mol. The van der Waals surface area contributed by atoms with Crippen molar-refractivity contribution in [3.8, 4) is 45.3 Å². The summed E-state index contributed by atoms with van der Waals surface area (Å²) in [5, 5.41) is 7.34. The third-order valence-electron chi connectivity index (χ3n) is 15.1. The lowest BCUT2D eigenvalue weighted by atomic mass is 9.67. The minimum Gasteiger partial charge on any atom is -0.466 e. The van der Waals surface area contributed by atoms with Crippen molar-refractivity contribution >= 4 is 32.3 Å². The Labute approximate surface area is 430 Å². The molecule has 0 spiro atoms.